The van der Waals surface area contributed by atoms with Gasteiger partial charge in [-0.2, -0.15) is 0 Å². The van der Waals surface area contributed by atoms with E-state index < -0.39 is 5.25 Å². The van der Waals surface area contributed by atoms with Crippen molar-refractivity contribution in [2.75, 3.05) is 0 Å². The van der Waals surface area contributed by atoms with Crippen molar-refractivity contribution in [1.82, 2.24) is 14.5 Å². The number of rotatable bonds is 6. The van der Waals surface area contributed by atoms with Crippen molar-refractivity contribution in [1.29, 1.82) is 0 Å². The molecule has 0 bridgehead atoms. The number of hydrogen-bond donors (Lipinski definition) is 1. The summed E-state index contributed by atoms with van der Waals surface area (Å²) >= 11 is 1.30. The average molecular weight is 404 g/mol. The number of aromatic amines is 1. The quantitative estimate of drug-likeness (QED) is 0.219. The van der Waals surface area contributed by atoms with E-state index >= 15 is 0 Å². The van der Waals surface area contributed by atoms with Crippen LogP contribution in [0.4, 0.5) is 0 Å². The largest absolute Gasteiger partial charge is 0.358 e. The van der Waals surface area contributed by atoms with Crippen molar-refractivity contribution in [3.05, 3.63) is 82.8 Å². The van der Waals surface area contributed by atoms with Crippen molar-refractivity contribution in [3.8, 4) is 0 Å². The van der Waals surface area contributed by atoms with Gasteiger partial charge in [0.2, 0.25) is 0 Å². The van der Waals surface area contributed by atoms with Crippen LogP contribution in [-0.4, -0.2) is 25.6 Å². The minimum absolute atomic E-state index is 0.0116. The minimum Gasteiger partial charge on any atom is -0.358 e. The highest BCUT2D eigenvalue weighted by Crippen LogP contribution is 2.29. The van der Waals surface area contributed by atoms with Crippen LogP contribution in [-0.2, 0) is 6.54 Å². The lowest BCUT2D eigenvalue weighted by Crippen LogP contribution is -2.24. The molecule has 6 heteroatoms. The smallest absolute Gasteiger partial charge is 0.262 e. The Morgan fingerprint density at radius 1 is 1.21 bits per heavy atom. The summed E-state index contributed by atoms with van der Waals surface area (Å²) in [6.07, 6.45) is 1.66. The number of ketones is 1. The molecule has 4 rings (SSSR count). The van der Waals surface area contributed by atoms with Crippen LogP contribution in [0.1, 0.15) is 23.0 Å². The first kappa shape index (κ1) is 19.2. The van der Waals surface area contributed by atoms with E-state index in [0.717, 1.165) is 16.6 Å². The van der Waals surface area contributed by atoms with Crippen LogP contribution in [0.5, 0.6) is 0 Å². The summed E-state index contributed by atoms with van der Waals surface area (Å²) in [6, 6.07) is 15.0. The maximum Gasteiger partial charge on any atom is 0.262 e. The van der Waals surface area contributed by atoms with Crippen LogP contribution in [0.25, 0.3) is 21.8 Å². The molecular weight excluding hydrogens is 382 g/mol. The Bertz CT molecular complexity index is 1300. The van der Waals surface area contributed by atoms with E-state index in [1.54, 1.807) is 16.7 Å². The molecule has 0 radical (unpaired) electrons. The molecule has 29 heavy (non-hydrogen) atoms. The fourth-order valence-electron chi connectivity index (χ4n) is 3.54. The number of carbonyl (C=O) groups is 1. The van der Waals surface area contributed by atoms with Gasteiger partial charge in [0.1, 0.15) is 0 Å². The van der Waals surface area contributed by atoms with Crippen molar-refractivity contribution in [3.63, 3.8) is 0 Å². The Hall–Kier alpha value is -3.12. The van der Waals surface area contributed by atoms with Gasteiger partial charge in [-0.1, -0.05) is 48.2 Å². The molecule has 1 N–H and O–H groups in total. The number of para-hydroxylation sites is 2. The molecule has 0 unspecified atom stereocenters. The molecule has 146 valence electrons. The Balaban J connectivity index is 1.75. The van der Waals surface area contributed by atoms with Gasteiger partial charge >= 0.3 is 0 Å². The summed E-state index contributed by atoms with van der Waals surface area (Å²) < 4.78 is 1.58. The standard InChI is InChI=1S/C23H21N3O2S/c1-4-13-26-22(28)17-10-6-8-12-19(17)25-23(26)29-15(3)21(27)20-14(2)24-18-11-7-5-9-16(18)20/h4-12,15,24H,1,13H2,2-3H3/t15-/m0/s1. The molecular formula is C23H21N3O2S. The van der Waals surface area contributed by atoms with E-state index in [1.165, 1.54) is 11.8 Å². The molecule has 0 saturated carbocycles. The number of thioether (sulfide) groups is 1. The van der Waals surface area contributed by atoms with Crippen molar-refractivity contribution >= 4 is 39.4 Å². The molecule has 2 aromatic carbocycles. The number of aromatic nitrogens is 3. The van der Waals surface area contributed by atoms with Crippen LogP contribution in [0.2, 0.25) is 0 Å². The zero-order chi connectivity index (χ0) is 20.5. The first-order valence-electron chi connectivity index (χ1n) is 9.40. The Kier molecular flexibility index (Phi) is 5.11. The van der Waals surface area contributed by atoms with E-state index in [4.69, 9.17) is 0 Å². The zero-order valence-electron chi connectivity index (χ0n) is 16.3. The monoisotopic (exact) mass is 403 g/mol. The van der Waals surface area contributed by atoms with Gasteiger partial charge < -0.3 is 4.98 Å². The molecule has 5 nitrogen and oxygen atoms in total. The average Bonchev–Trinajstić information content (AvgIpc) is 3.06. The third kappa shape index (κ3) is 3.40. The third-order valence-corrected chi connectivity index (χ3v) is 6.02. The molecule has 1 atom stereocenters. The van der Waals surface area contributed by atoms with Gasteiger partial charge in [0.15, 0.2) is 10.9 Å². The number of fused-ring (bicyclic) bond motifs is 2. The van der Waals surface area contributed by atoms with Gasteiger partial charge in [0.25, 0.3) is 5.56 Å². The highest BCUT2D eigenvalue weighted by atomic mass is 32.2. The molecule has 0 aliphatic rings. The third-order valence-electron chi connectivity index (χ3n) is 4.93. The van der Waals surface area contributed by atoms with Crippen LogP contribution in [0.3, 0.4) is 0 Å². The molecule has 0 saturated heterocycles. The first-order chi connectivity index (χ1) is 14.0. The Labute approximate surface area is 172 Å². The van der Waals surface area contributed by atoms with Gasteiger partial charge in [-0.15, -0.1) is 6.58 Å². The topological polar surface area (TPSA) is 67.8 Å². The normalized spacial score (nSPS) is 12.3. The first-order valence-corrected chi connectivity index (χ1v) is 10.3. The highest BCUT2D eigenvalue weighted by molar-refractivity contribution is 8.00. The number of nitrogens with one attached hydrogen (secondary N) is 1. The summed E-state index contributed by atoms with van der Waals surface area (Å²) in [5.41, 5.74) is 2.99. The summed E-state index contributed by atoms with van der Waals surface area (Å²) in [4.78, 5) is 34.1. The lowest BCUT2D eigenvalue weighted by atomic mass is 10.1. The van der Waals surface area contributed by atoms with Gasteiger partial charge in [-0.25, -0.2) is 4.98 Å². The molecule has 2 heterocycles. The van der Waals surface area contributed by atoms with Gasteiger partial charge in [0.05, 0.1) is 16.2 Å². The SMILES string of the molecule is C=CCn1c(S[C@@H](C)C(=O)c2c(C)[nH]c3ccccc23)nc2ccccc2c1=O. The predicted octanol–water partition coefficient (Wildman–Crippen LogP) is 4.74. The second-order valence-electron chi connectivity index (χ2n) is 6.91. The number of nitrogens with zero attached hydrogens (tertiary/aromatic N) is 2. The van der Waals surface area contributed by atoms with Crippen molar-refractivity contribution in [2.24, 2.45) is 0 Å². The number of benzene rings is 2. The van der Waals surface area contributed by atoms with Gasteiger partial charge in [-0.05, 0) is 32.0 Å². The molecule has 4 aromatic rings. The summed E-state index contributed by atoms with van der Waals surface area (Å²) in [5, 5.41) is 1.59. The molecule has 0 spiro atoms. The molecule has 0 aliphatic carbocycles. The number of Topliss-reactive ketones (excluding diaryl/α,β-unsaturated/α-hetero) is 1. The fraction of sp³-hybridized carbons (Fsp3) is 0.174. The van der Waals surface area contributed by atoms with Crippen molar-refractivity contribution < 1.29 is 4.79 Å². The Morgan fingerprint density at radius 2 is 1.90 bits per heavy atom. The Morgan fingerprint density at radius 3 is 2.66 bits per heavy atom. The summed E-state index contributed by atoms with van der Waals surface area (Å²) in [7, 11) is 0. The summed E-state index contributed by atoms with van der Waals surface area (Å²) in [5.74, 6) is 0.0116. The number of H-pyrrole nitrogens is 1. The maximum absolute atomic E-state index is 13.3. The van der Waals surface area contributed by atoms with Crippen LogP contribution < -0.4 is 5.56 Å². The lowest BCUT2D eigenvalue weighted by Gasteiger charge is -2.15. The van der Waals surface area contributed by atoms with E-state index in [-0.39, 0.29) is 11.3 Å². The molecule has 0 aliphatic heterocycles. The van der Waals surface area contributed by atoms with Crippen LogP contribution >= 0.6 is 11.8 Å². The summed E-state index contributed by atoms with van der Waals surface area (Å²) in [6.45, 7) is 7.85. The van der Waals surface area contributed by atoms with E-state index in [0.29, 0.717) is 28.2 Å². The van der Waals surface area contributed by atoms with Crippen LogP contribution in [0, 0.1) is 6.92 Å². The highest BCUT2D eigenvalue weighted by Gasteiger charge is 2.24. The molecule has 0 fully saturated rings. The number of hydrogen-bond acceptors (Lipinski definition) is 4. The van der Waals surface area contributed by atoms with Crippen molar-refractivity contribution in [2.45, 2.75) is 30.8 Å². The zero-order valence-corrected chi connectivity index (χ0v) is 17.1. The number of aryl methyl sites for hydroxylation is 1. The minimum atomic E-state index is -0.406. The van der Waals surface area contributed by atoms with Crippen LogP contribution in [0.15, 0.2) is 71.1 Å². The van der Waals surface area contributed by atoms with Gasteiger partial charge in [0, 0.05) is 28.7 Å². The predicted molar refractivity (Wildman–Crippen MR) is 119 cm³/mol. The number of carbonyl (C=O) groups excluding carboxylic acids is 1. The fourth-order valence-corrected chi connectivity index (χ4v) is 4.51. The number of allylic oxidation sites excluding steroid dienone is 1. The molecule has 0 amide bonds. The van der Waals surface area contributed by atoms with Gasteiger partial charge in [-0.3, -0.25) is 14.2 Å². The van der Waals surface area contributed by atoms with E-state index in [2.05, 4.69) is 16.5 Å². The second-order valence-corrected chi connectivity index (χ2v) is 8.22. The second kappa shape index (κ2) is 7.72. The maximum atomic E-state index is 13.3. The molecule has 2 aromatic heterocycles. The van der Waals surface area contributed by atoms with E-state index in [9.17, 15) is 9.59 Å². The lowest BCUT2D eigenvalue weighted by molar-refractivity contribution is 0.0995. The van der Waals surface area contributed by atoms with E-state index in [1.807, 2.05) is 56.3 Å².